The van der Waals surface area contributed by atoms with Crippen LogP contribution in [0.1, 0.15) is 19.8 Å². The Morgan fingerprint density at radius 3 is 2.72 bits per heavy atom. The number of carbonyl (C=O) groups is 1. The molecule has 1 amide bonds. The summed E-state index contributed by atoms with van der Waals surface area (Å²) in [4.78, 5) is 20.1. The van der Waals surface area contributed by atoms with Gasteiger partial charge in [-0.1, -0.05) is 18.7 Å². The summed E-state index contributed by atoms with van der Waals surface area (Å²) in [6, 6.07) is 1.77. The fraction of sp³-hybridized carbons (Fsp3) is 0.583. The van der Waals surface area contributed by atoms with Gasteiger partial charge in [-0.15, -0.1) is 0 Å². The van der Waals surface area contributed by atoms with E-state index in [2.05, 4.69) is 15.3 Å². The van der Waals surface area contributed by atoms with Gasteiger partial charge in [-0.25, -0.2) is 9.97 Å². The Kier molecular flexibility index (Phi) is 4.19. The lowest BCUT2D eigenvalue weighted by Crippen LogP contribution is -2.59. The van der Waals surface area contributed by atoms with Gasteiger partial charge < -0.3 is 11.1 Å². The van der Waals surface area contributed by atoms with Crippen molar-refractivity contribution in [3.63, 3.8) is 0 Å². The molecular formula is C12H18N4OS. The van der Waals surface area contributed by atoms with Crippen LogP contribution >= 0.6 is 11.8 Å². The van der Waals surface area contributed by atoms with Gasteiger partial charge in [0.15, 0.2) is 5.16 Å². The molecule has 1 saturated carbocycles. The fourth-order valence-electron chi connectivity index (χ4n) is 2.10. The minimum atomic E-state index is -0.612. The van der Waals surface area contributed by atoms with E-state index in [4.69, 9.17) is 5.73 Å². The molecule has 1 heterocycles. The van der Waals surface area contributed by atoms with E-state index >= 15 is 0 Å². The number of nitrogens with two attached hydrogens (primary N) is 1. The summed E-state index contributed by atoms with van der Waals surface area (Å²) < 4.78 is 0. The second-order valence-corrected chi connectivity index (χ2v) is 5.40. The van der Waals surface area contributed by atoms with Crippen LogP contribution in [0.2, 0.25) is 0 Å². The van der Waals surface area contributed by atoms with E-state index in [-0.39, 0.29) is 5.91 Å². The average molecular weight is 266 g/mol. The Bertz CT molecular complexity index is 410. The highest BCUT2D eigenvalue weighted by molar-refractivity contribution is 7.99. The Labute approximate surface area is 111 Å². The van der Waals surface area contributed by atoms with Crippen LogP contribution < -0.4 is 11.1 Å². The predicted octanol–water partition coefficient (Wildman–Crippen LogP) is 0.812. The van der Waals surface area contributed by atoms with E-state index in [1.807, 2.05) is 6.92 Å². The monoisotopic (exact) mass is 266 g/mol. The van der Waals surface area contributed by atoms with Gasteiger partial charge in [0.05, 0.1) is 0 Å². The maximum absolute atomic E-state index is 11.8. The second kappa shape index (κ2) is 5.67. The lowest BCUT2D eigenvalue weighted by Gasteiger charge is -2.31. The van der Waals surface area contributed by atoms with E-state index in [9.17, 15) is 4.79 Å². The second-order valence-electron chi connectivity index (χ2n) is 4.46. The lowest BCUT2D eigenvalue weighted by atomic mass is 9.94. The molecule has 5 nitrogen and oxygen atoms in total. The topological polar surface area (TPSA) is 80.9 Å². The van der Waals surface area contributed by atoms with Crippen LogP contribution in [-0.2, 0) is 4.79 Å². The van der Waals surface area contributed by atoms with Crippen molar-refractivity contribution in [3.05, 3.63) is 18.5 Å². The largest absolute Gasteiger partial charge is 0.368 e. The van der Waals surface area contributed by atoms with Crippen LogP contribution in [0.5, 0.6) is 0 Å². The molecule has 0 aromatic carbocycles. The number of amides is 1. The number of rotatable bonds is 7. The smallest absolute Gasteiger partial charge is 0.238 e. The number of nitrogens with one attached hydrogen (secondary N) is 1. The van der Waals surface area contributed by atoms with Gasteiger partial charge in [0.1, 0.15) is 5.54 Å². The maximum Gasteiger partial charge on any atom is 0.238 e. The highest BCUT2D eigenvalue weighted by Crippen LogP contribution is 2.41. The third kappa shape index (κ3) is 2.81. The number of likely N-dealkylation sites (N-methyl/N-ethyl adjacent to an activating group) is 1. The zero-order chi connectivity index (χ0) is 13.0. The van der Waals surface area contributed by atoms with Crippen molar-refractivity contribution in [3.8, 4) is 0 Å². The zero-order valence-corrected chi connectivity index (χ0v) is 11.2. The van der Waals surface area contributed by atoms with E-state index in [0.717, 1.165) is 19.4 Å². The zero-order valence-electron chi connectivity index (χ0n) is 10.4. The number of nitrogens with zero attached hydrogens (tertiary/aromatic N) is 2. The average Bonchev–Trinajstić information content (AvgIpc) is 3.20. The summed E-state index contributed by atoms with van der Waals surface area (Å²) in [7, 11) is 0. The molecule has 0 saturated heterocycles. The van der Waals surface area contributed by atoms with E-state index < -0.39 is 5.54 Å². The van der Waals surface area contributed by atoms with Gasteiger partial charge in [-0.05, 0) is 31.4 Å². The molecule has 1 fully saturated rings. The third-order valence-electron chi connectivity index (χ3n) is 3.18. The highest BCUT2D eigenvalue weighted by Gasteiger charge is 2.49. The minimum Gasteiger partial charge on any atom is -0.368 e. The minimum absolute atomic E-state index is 0.268. The molecular weight excluding hydrogens is 248 g/mol. The van der Waals surface area contributed by atoms with Crippen molar-refractivity contribution in [1.29, 1.82) is 0 Å². The van der Waals surface area contributed by atoms with Crippen molar-refractivity contribution < 1.29 is 4.79 Å². The quantitative estimate of drug-likeness (QED) is 0.564. The van der Waals surface area contributed by atoms with Crippen molar-refractivity contribution in [1.82, 2.24) is 15.3 Å². The van der Waals surface area contributed by atoms with Crippen molar-refractivity contribution >= 4 is 17.7 Å². The molecule has 1 aliphatic rings. The molecule has 1 aromatic rings. The van der Waals surface area contributed by atoms with Crippen LogP contribution in [-0.4, -0.2) is 33.7 Å². The van der Waals surface area contributed by atoms with Crippen LogP contribution in [0.4, 0.5) is 0 Å². The number of hydrogen-bond donors (Lipinski definition) is 2. The van der Waals surface area contributed by atoms with Gasteiger partial charge >= 0.3 is 0 Å². The van der Waals surface area contributed by atoms with E-state index in [1.165, 1.54) is 11.8 Å². The van der Waals surface area contributed by atoms with Gasteiger partial charge in [-0.3, -0.25) is 4.79 Å². The Morgan fingerprint density at radius 2 is 2.22 bits per heavy atom. The SMILES string of the molecule is CCNC(CSc1ncccn1)(C(N)=O)C1CC1. The van der Waals surface area contributed by atoms with Crippen molar-refractivity contribution in [2.75, 3.05) is 12.3 Å². The Hall–Kier alpha value is -1.14. The van der Waals surface area contributed by atoms with Gasteiger partial charge in [0, 0.05) is 18.1 Å². The first-order valence-electron chi connectivity index (χ1n) is 6.14. The molecule has 1 aliphatic carbocycles. The molecule has 2 rings (SSSR count). The van der Waals surface area contributed by atoms with Gasteiger partial charge in [0.2, 0.25) is 5.91 Å². The normalized spacial score (nSPS) is 18.3. The number of hydrogen-bond acceptors (Lipinski definition) is 5. The first-order valence-corrected chi connectivity index (χ1v) is 7.12. The summed E-state index contributed by atoms with van der Waals surface area (Å²) in [5.41, 5.74) is 4.99. The number of carbonyl (C=O) groups excluding carboxylic acids is 1. The fourth-order valence-corrected chi connectivity index (χ4v) is 3.21. The third-order valence-corrected chi connectivity index (χ3v) is 4.25. The Balaban J connectivity index is 2.07. The Morgan fingerprint density at radius 1 is 1.56 bits per heavy atom. The van der Waals surface area contributed by atoms with Crippen LogP contribution in [0.3, 0.4) is 0 Å². The summed E-state index contributed by atoms with van der Waals surface area (Å²) in [6.45, 7) is 2.72. The molecule has 0 bridgehead atoms. The van der Waals surface area contributed by atoms with E-state index in [1.54, 1.807) is 18.5 Å². The molecule has 3 N–H and O–H groups in total. The van der Waals surface area contributed by atoms with Gasteiger partial charge in [0.25, 0.3) is 0 Å². The standard InChI is InChI=1S/C12H18N4OS/c1-2-16-12(10(13)17,9-4-5-9)8-18-11-14-6-3-7-15-11/h3,6-7,9,16H,2,4-5,8H2,1H3,(H2,13,17). The molecule has 98 valence electrons. The molecule has 6 heteroatoms. The van der Waals surface area contributed by atoms with E-state index in [0.29, 0.717) is 16.8 Å². The summed E-state index contributed by atoms with van der Waals surface area (Å²) >= 11 is 1.48. The molecule has 1 unspecified atom stereocenters. The van der Waals surface area contributed by atoms with Crippen molar-refractivity contribution in [2.45, 2.75) is 30.5 Å². The first-order chi connectivity index (χ1) is 8.69. The predicted molar refractivity (Wildman–Crippen MR) is 71.1 cm³/mol. The lowest BCUT2D eigenvalue weighted by molar-refractivity contribution is -0.124. The summed E-state index contributed by atoms with van der Waals surface area (Å²) in [5, 5.41) is 3.96. The molecule has 1 aromatic heterocycles. The van der Waals surface area contributed by atoms with Gasteiger partial charge in [-0.2, -0.15) is 0 Å². The molecule has 0 spiro atoms. The van der Waals surface area contributed by atoms with Crippen LogP contribution in [0, 0.1) is 5.92 Å². The van der Waals surface area contributed by atoms with Crippen LogP contribution in [0.25, 0.3) is 0 Å². The van der Waals surface area contributed by atoms with Crippen LogP contribution in [0.15, 0.2) is 23.6 Å². The maximum atomic E-state index is 11.8. The number of thioether (sulfide) groups is 1. The highest BCUT2D eigenvalue weighted by atomic mass is 32.2. The molecule has 0 aliphatic heterocycles. The first kappa shape index (κ1) is 13.3. The molecule has 1 atom stereocenters. The summed E-state index contributed by atoms with van der Waals surface area (Å²) in [6.07, 6.45) is 5.52. The summed E-state index contributed by atoms with van der Waals surface area (Å²) in [5.74, 6) is 0.673. The molecule has 0 radical (unpaired) electrons. The molecule has 18 heavy (non-hydrogen) atoms. The number of primary amides is 1. The van der Waals surface area contributed by atoms with Crippen molar-refractivity contribution in [2.24, 2.45) is 11.7 Å². The number of aromatic nitrogens is 2.